The number of aromatic nitrogens is 2. The van der Waals surface area contributed by atoms with Gasteiger partial charge in [-0.15, -0.1) is 0 Å². The second-order valence-corrected chi connectivity index (χ2v) is 7.46. The molecule has 0 aliphatic carbocycles. The highest BCUT2D eigenvalue weighted by Crippen LogP contribution is 2.27. The zero-order valence-electron chi connectivity index (χ0n) is 17.3. The lowest BCUT2D eigenvalue weighted by atomic mass is 9.94. The van der Waals surface area contributed by atoms with Crippen molar-refractivity contribution >= 4 is 5.91 Å². The van der Waals surface area contributed by atoms with Crippen LogP contribution in [0, 0.1) is 5.82 Å². The van der Waals surface area contributed by atoms with E-state index in [2.05, 4.69) is 9.97 Å². The first kappa shape index (κ1) is 20.8. The fourth-order valence-electron chi connectivity index (χ4n) is 3.69. The first-order chi connectivity index (χ1) is 15.1. The Hall–Kier alpha value is -3.48. The molecule has 0 saturated carbocycles. The summed E-state index contributed by atoms with van der Waals surface area (Å²) in [6, 6.07) is 15.2. The molecule has 0 radical (unpaired) electrons. The van der Waals surface area contributed by atoms with E-state index in [9.17, 15) is 9.18 Å². The number of methoxy groups -OCH3 is 1. The van der Waals surface area contributed by atoms with Gasteiger partial charge in [0.15, 0.2) is 12.4 Å². The Morgan fingerprint density at radius 2 is 1.84 bits per heavy atom. The molecule has 0 spiro atoms. The summed E-state index contributed by atoms with van der Waals surface area (Å²) in [5.41, 5.74) is 1.66. The van der Waals surface area contributed by atoms with Crippen molar-refractivity contribution in [1.82, 2.24) is 14.9 Å². The van der Waals surface area contributed by atoms with E-state index in [4.69, 9.17) is 9.47 Å². The summed E-state index contributed by atoms with van der Waals surface area (Å²) >= 11 is 0. The van der Waals surface area contributed by atoms with Gasteiger partial charge in [-0.1, -0.05) is 0 Å². The Balaban J connectivity index is 1.39. The Bertz CT molecular complexity index is 1020. The number of amides is 1. The third-order valence-corrected chi connectivity index (χ3v) is 5.39. The molecule has 2 heterocycles. The molecule has 0 bridgehead atoms. The molecule has 1 unspecified atom stereocenters. The maximum atomic E-state index is 13.2. The third-order valence-electron chi connectivity index (χ3n) is 5.39. The smallest absolute Gasteiger partial charge is 0.260 e. The molecule has 4 rings (SSSR count). The first-order valence-electron chi connectivity index (χ1n) is 10.3. The van der Waals surface area contributed by atoms with Crippen molar-refractivity contribution in [2.24, 2.45) is 0 Å². The zero-order chi connectivity index (χ0) is 21.6. The largest absolute Gasteiger partial charge is 0.497 e. The van der Waals surface area contributed by atoms with Gasteiger partial charge in [-0.3, -0.25) is 4.79 Å². The molecule has 6 nitrogen and oxygen atoms in total. The van der Waals surface area contributed by atoms with E-state index in [1.165, 1.54) is 12.1 Å². The lowest BCUT2D eigenvalue weighted by Gasteiger charge is -2.32. The average molecular weight is 421 g/mol. The van der Waals surface area contributed by atoms with Gasteiger partial charge in [-0.05, 0) is 67.4 Å². The van der Waals surface area contributed by atoms with Gasteiger partial charge in [-0.25, -0.2) is 14.4 Å². The lowest BCUT2D eigenvalue weighted by Crippen LogP contribution is -2.41. The van der Waals surface area contributed by atoms with E-state index in [0.717, 1.165) is 29.8 Å². The minimum absolute atomic E-state index is 0.0103. The molecule has 1 amide bonds. The van der Waals surface area contributed by atoms with Crippen LogP contribution < -0.4 is 9.47 Å². The summed E-state index contributed by atoms with van der Waals surface area (Å²) in [5.74, 6) is 1.71. The quantitative estimate of drug-likeness (QED) is 0.600. The maximum absolute atomic E-state index is 13.2. The number of rotatable bonds is 6. The summed E-state index contributed by atoms with van der Waals surface area (Å²) in [7, 11) is 1.60. The topological polar surface area (TPSA) is 64.6 Å². The molecule has 160 valence electrons. The molecule has 0 N–H and O–H groups in total. The molecule has 7 heteroatoms. The molecule has 3 aromatic rings. The zero-order valence-corrected chi connectivity index (χ0v) is 17.3. The summed E-state index contributed by atoms with van der Waals surface area (Å²) in [5, 5.41) is 0. The highest BCUT2D eigenvalue weighted by Gasteiger charge is 2.26. The highest BCUT2D eigenvalue weighted by molar-refractivity contribution is 5.78. The molecule has 1 saturated heterocycles. The van der Waals surface area contributed by atoms with Gasteiger partial charge < -0.3 is 14.4 Å². The number of nitrogens with zero attached hydrogens (tertiary/aromatic N) is 3. The van der Waals surface area contributed by atoms with Crippen molar-refractivity contribution in [3.05, 3.63) is 72.3 Å². The minimum Gasteiger partial charge on any atom is -0.497 e. The Morgan fingerprint density at radius 3 is 2.58 bits per heavy atom. The SMILES string of the molecule is COc1ccc(OCC(=O)N2CCCC(c3ccnc(-c4ccc(F)cc4)n3)C2)cc1. The molecular weight excluding hydrogens is 397 g/mol. The van der Waals surface area contributed by atoms with Gasteiger partial charge in [0.05, 0.1) is 7.11 Å². The molecular formula is C24H24FN3O3. The summed E-state index contributed by atoms with van der Waals surface area (Å²) in [6.07, 6.45) is 3.56. The fourth-order valence-corrected chi connectivity index (χ4v) is 3.69. The molecule has 1 aliphatic rings. The van der Waals surface area contributed by atoms with Crippen LogP contribution in [-0.2, 0) is 4.79 Å². The molecule has 31 heavy (non-hydrogen) atoms. The minimum atomic E-state index is -0.293. The number of carbonyl (C=O) groups is 1. The number of piperidine rings is 1. The predicted octanol–water partition coefficient (Wildman–Crippen LogP) is 4.08. The monoisotopic (exact) mass is 421 g/mol. The molecule has 1 aliphatic heterocycles. The average Bonchev–Trinajstić information content (AvgIpc) is 2.83. The summed E-state index contributed by atoms with van der Waals surface area (Å²) in [4.78, 5) is 23.5. The van der Waals surface area contributed by atoms with E-state index in [1.54, 1.807) is 49.7 Å². The fraction of sp³-hybridized carbons (Fsp3) is 0.292. The van der Waals surface area contributed by atoms with Gasteiger partial charge in [0.25, 0.3) is 5.91 Å². The standard InChI is InChI=1S/C24H24FN3O3/c1-30-20-8-10-21(11-9-20)31-16-23(29)28-14-2-3-18(15-28)22-12-13-26-24(27-22)17-4-6-19(25)7-5-17/h4-13,18H,2-3,14-16H2,1H3. The molecule has 1 atom stereocenters. The van der Waals surface area contributed by atoms with Crippen LogP contribution in [0.5, 0.6) is 11.5 Å². The second kappa shape index (κ2) is 9.55. The maximum Gasteiger partial charge on any atom is 0.260 e. The van der Waals surface area contributed by atoms with Gasteiger partial charge in [0.2, 0.25) is 0 Å². The Kier molecular flexibility index (Phi) is 6.40. The third kappa shape index (κ3) is 5.17. The number of hydrogen-bond acceptors (Lipinski definition) is 5. The van der Waals surface area contributed by atoms with Crippen LogP contribution in [0.4, 0.5) is 4.39 Å². The van der Waals surface area contributed by atoms with Crippen LogP contribution in [0.1, 0.15) is 24.5 Å². The summed E-state index contributed by atoms with van der Waals surface area (Å²) in [6.45, 7) is 1.28. The van der Waals surface area contributed by atoms with Crippen molar-refractivity contribution < 1.29 is 18.7 Å². The molecule has 2 aromatic carbocycles. The van der Waals surface area contributed by atoms with E-state index < -0.39 is 0 Å². The Labute approximate surface area is 180 Å². The number of hydrogen-bond donors (Lipinski definition) is 0. The number of benzene rings is 2. The number of carbonyl (C=O) groups excluding carboxylic acids is 1. The van der Waals surface area contributed by atoms with Crippen molar-refractivity contribution in [3.8, 4) is 22.9 Å². The van der Waals surface area contributed by atoms with Crippen molar-refractivity contribution in [2.45, 2.75) is 18.8 Å². The van der Waals surface area contributed by atoms with E-state index >= 15 is 0 Å². The van der Waals surface area contributed by atoms with Gasteiger partial charge in [-0.2, -0.15) is 0 Å². The lowest BCUT2D eigenvalue weighted by molar-refractivity contribution is -0.134. The number of halogens is 1. The van der Waals surface area contributed by atoms with Crippen LogP contribution in [0.25, 0.3) is 11.4 Å². The Morgan fingerprint density at radius 1 is 1.10 bits per heavy atom. The van der Waals surface area contributed by atoms with Crippen molar-refractivity contribution in [1.29, 1.82) is 0 Å². The molecule has 1 fully saturated rings. The number of likely N-dealkylation sites (tertiary alicyclic amines) is 1. The van der Waals surface area contributed by atoms with Crippen LogP contribution in [0.15, 0.2) is 60.8 Å². The van der Waals surface area contributed by atoms with Crippen LogP contribution in [0.3, 0.4) is 0 Å². The van der Waals surface area contributed by atoms with Crippen LogP contribution in [-0.4, -0.2) is 47.6 Å². The van der Waals surface area contributed by atoms with Crippen LogP contribution >= 0.6 is 0 Å². The van der Waals surface area contributed by atoms with Crippen molar-refractivity contribution in [3.63, 3.8) is 0 Å². The van der Waals surface area contributed by atoms with E-state index in [0.29, 0.717) is 24.7 Å². The first-order valence-corrected chi connectivity index (χ1v) is 10.3. The predicted molar refractivity (Wildman–Crippen MR) is 114 cm³/mol. The van der Waals surface area contributed by atoms with Crippen molar-refractivity contribution in [2.75, 3.05) is 26.8 Å². The second-order valence-electron chi connectivity index (χ2n) is 7.46. The highest BCUT2D eigenvalue weighted by atomic mass is 19.1. The van der Waals surface area contributed by atoms with Gasteiger partial charge in [0.1, 0.15) is 17.3 Å². The van der Waals surface area contributed by atoms with Gasteiger partial charge >= 0.3 is 0 Å². The normalized spacial score (nSPS) is 16.1. The molecule has 1 aromatic heterocycles. The van der Waals surface area contributed by atoms with Gasteiger partial charge in [0, 0.05) is 36.5 Å². The van der Waals surface area contributed by atoms with E-state index in [-0.39, 0.29) is 24.2 Å². The van der Waals surface area contributed by atoms with E-state index in [1.807, 2.05) is 11.0 Å². The number of ether oxygens (including phenoxy) is 2. The van der Waals surface area contributed by atoms with Crippen LogP contribution in [0.2, 0.25) is 0 Å². The summed E-state index contributed by atoms with van der Waals surface area (Å²) < 4.78 is 24.0.